The minimum atomic E-state index is -3.97. The van der Waals surface area contributed by atoms with Gasteiger partial charge in [-0.15, -0.1) is 0 Å². The zero-order valence-corrected chi connectivity index (χ0v) is 15.5. The standard InChI is InChI=1S/C19H15N3O6S/c23-17-10-13(5-6-15(17)19(24)25)21-29(26,27)14-3-1-2-11(8-14)12-4-7-18-16(9-12)20-22-28-18/h1-10,20-23H,(H,24,25). The number of fused-ring (bicyclic) bond motifs is 1. The van der Waals surface area contributed by atoms with Gasteiger partial charge in [-0.2, -0.15) is 0 Å². The summed E-state index contributed by atoms with van der Waals surface area (Å²) in [7, 11) is -3.97. The largest absolute Gasteiger partial charge is 0.507 e. The fourth-order valence-electron chi connectivity index (χ4n) is 2.86. The molecule has 1 aliphatic rings. The maximum Gasteiger partial charge on any atom is 0.339 e. The van der Waals surface area contributed by atoms with Gasteiger partial charge in [-0.3, -0.25) is 10.1 Å². The van der Waals surface area contributed by atoms with E-state index in [0.717, 1.165) is 23.4 Å². The van der Waals surface area contributed by atoms with Crippen molar-refractivity contribution in [1.82, 2.24) is 5.59 Å². The Morgan fingerprint density at radius 1 is 1.00 bits per heavy atom. The third-order valence-electron chi connectivity index (χ3n) is 4.28. The topological polar surface area (TPSA) is 137 Å². The van der Waals surface area contributed by atoms with Gasteiger partial charge in [0.05, 0.1) is 16.3 Å². The van der Waals surface area contributed by atoms with Gasteiger partial charge in [-0.05, 0) is 47.5 Å². The lowest BCUT2D eigenvalue weighted by atomic mass is 10.1. The lowest BCUT2D eigenvalue weighted by molar-refractivity contribution is 0.0694. The summed E-state index contributed by atoms with van der Waals surface area (Å²) in [5.74, 6) is -1.22. The van der Waals surface area contributed by atoms with Crippen LogP contribution in [-0.2, 0) is 10.0 Å². The van der Waals surface area contributed by atoms with Crippen molar-refractivity contribution in [2.75, 3.05) is 10.1 Å². The first-order chi connectivity index (χ1) is 13.8. The molecule has 1 aliphatic heterocycles. The molecule has 0 radical (unpaired) electrons. The van der Waals surface area contributed by atoms with Gasteiger partial charge >= 0.3 is 5.97 Å². The fraction of sp³-hybridized carbons (Fsp3) is 0. The minimum absolute atomic E-state index is 0.0135. The number of benzene rings is 3. The molecule has 1 heterocycles. The molecule has 0 amide bonds. The second-order valence-corrected chi connectivity index (χ2v) is 7.89. The Hall–Kier alpha value is -3.76. The Balaban J connectivity index is 1.63. The van der Waals surface area contributed by atoms with E-state index >= 15 is 0 Å². The first-order valence-corrected chi connectivity index (χ1v) is 9.83. The van der Waals surface area contributed by atoms with Gasteiger partial charge in [0.25, 0.3) is 10.0 Å². The Morgan fingerprint density at radius 2 is 1.79 bits per heavy atom. The van der Waals surface area contributed by atoms with Crippen molar-refractivity contribution >= 4 is 27.4 Å². The van der Waals surface area contributed by atoms with E-state index in [1.165, 1.54) is 18.2 Å². The summed E-state index contributed by atoms with van der Waals surface area (Å²) >= 11 is 0. The molecule has 4 rings (SSSR count). The Bertz CT molecular complexity index is 1230. The van der Waals surface area contributed by atoms with Crippen LogP contribution in [0, 0.1) is 0 Å². The maximum atomic E-state index is 12.8. The van der Waals surface area contributed by atoms with E-state index in [4.69, 9.17) is 9.94 Å². The molecule has 3 aromatic carbocycles. The molecule has 0 saturated heterocycles. The van der Waals surface area contributed by atoms with E-state index in [9.17, 15) is 18.3 Å². The lowest BCUT2D eigenvalue weighted by Gasteiger charge is -2.11. The molecule has 0 fully saturated rings. The molecule has 0 spiro atoms. The highest BCUT2D eigenvalue weighted by Gasteiger charge is 2.18. The van der Waals surface area contributed by atoms with Gasteiger partial charge in [-0.25, -0.2) is 13.2 Å². The number of hydrogen-bond donors (Lipinski definition) is 5. The van der Waals surface area contributed by atoms with Gasteiger partial charge < -0.3 is 15.1 Å². The molecule has 0 bridgehead atoms. The zero-order chi connectivity index (χ0) is 20.6. The summed E-state index contributed by atoms with van der Waals surface area (Å²) in [5, 5.41) is 18.7. The normalized spacial score (nSPS) is 12.6. The van der Waals surface area contributed by atoms with E-state index in [-0.39, 0.29) is 16.1 Å². The molecule has 3 aromatic rings. The highest BCUT2D eigenvalue weighted by Crippen LogP contribution is 2.33. The molecule has 9 nitrogen and oxygen atoms in total. The summed E-state index contributed by atoms with van der Waals surface area (Å²) in [6, 6.07) is 15.2. The number of carbonyl (C=O) groups is 1. The minimum Gasteiger partial charge on any atom is -0.507 e. The smallest absolute Gasteiger partial charge is 0.339 e. The number of rotatable bonds is 5. The zero-order valence-electron chi connectivity index (χ0n) is 14.7. The quantitative estimate of drug-likeness (QED) is 0.431. The van der Waals surface area contributed by atoms with Crippen LogP contribution in [0.5, 0.6) is 11.5 Å². The Labute approximate surface area is 165 Å². The highest BCUT2D eigenvalue weighted by atomic mass is 32.2. The second-order valence-electron chi connectivity index (χ2n) is 6.21. The van der Waals surface area contributed by atoms with Crippen molar-refractivity contribution in [2.24, 2.45) is 0 Å². The summed E-state index contributed by atoms with van der Waals surface area (Å²) < 4.78 is 27.8. The molecule has 29 heavy (non-hydrogen) atoms. The van der Waals surface area contributed by atoms with Crippen molar-refractivity contribution in [1.29, 1.82) is 0 Å². The molecule has 10 heteroatoms. The molecular weight excluding hydrogens is 398 g/mol. The first kappa shape index (κ1) is 18.6. The van der Waals surface area contributed by atoms with Crippen molar-refractivity contribution in [3.63, 3.8) is 0 Å². The van der Waals surface area contributed by atoms with Gasteiger partial charge in [0.1, 0.15) is 11.3 Å². The summed E-state index contributed by atoms with van der Waals surface area (Å²) in [5.41, 5.74) is 7.27. The predicted molar refractivity (Wildman–Crippen MR) is 105 cm³/mol. The van der Waals surface area contributed by atoms with Gasteiger partial charge in [0.2, 0.25) is 0 Å². The van der Waals surface area contributed by atoms with E-state index in [2.05, 4.69) is 15.7 Å². The van der Waals surface area contributed by atoms with Gasteiger partial charge in [0.15, 0.2) is 5.75 Å². The van der Waals surface area contributed by atoms with Crippen LogP contribution in [0.2, 0.25) is 0 Å². The monoisotopic (exact) mass is 413 g/mol. The van der Waals surface area contributed by atoms with E-state index in [1.54, 1.807) is 24.3 Å². The Kier molecular flexibility index (Phi) is 4.49. The number of carboxylic acids is 1. The SMILES string of the molecule is O=C(O)c1ccc(NS(=O)(=O)c2cccc(-c3ccc4c(c3)NNO4)c2)cc1O. The Morgan fingerprint density at radius 3 is 2.55 bits per heavy atom. The number of anilines is 2. The van der Waals surface area contributed by atoms with Crippen molar-refractivity contribution in [3.05, 3.63) is 66.2 Å². The number of hydrogen-bond acceptors (Lipinski definition) is 7. The first-order valence-electron chi connectivity index (χ1n) is 8.35. The van der Waals surface area contributed by atoms with Crippen LogP contribution in [0.1, 0.15) is 10.4 Å². The maximum absolute atomic E-state index is 12.8. The average Bonchev–Trinajstić information content (AvgIpc) is 3.15. The number of carboxylic acid groups (broad SMARTS) is 1. The highest BCUT2D eigenvalue weighted by molar-refractivity contribution is 7.92. The number of phenols is 1. The molecular formula is C19H15N3O6S. The predicted octanol–water partition coefficient (Wildman–Crippen LogP) is 2.78. The van der Waals surface area contributed by atoms with Crippen molar-refractivity contribution < 1.29 is 28.3 Å². The van der Waals surface area contributed by atoms with Crippen LogP contribution in [0.15, 0.2) is 65.6 Å². The van der Waals surface area contributed by atoms with Gasteiger partial charge in [0, 0.05) is 6.07 Å². The van der Waals surface area contributed by atoms with Crippen molar-refractivity contribution in [2.45, 2.75) is 4.90 Å². The molecule has 0 aliphatic carbocycles. The molecule has 0 saturated carbocycles. The van der Waals surface area contributed by atoms with Crippen LogP contribution in [0.4, 0.5) is 11.4 Å². The molecule has 5 N–H and O–H groups in total. The average molecular weight is 413 g/mol. The molecule has 0 unspecified atom stereocenters. The van der Waals surface area contributed by atoms with Gasteiger partial charge in [-0.1, -0.05) is 23.8 Å². The van der Waals surface area contributed by atoms with Crippen LogP contribution in [0.3, 0.4) is 0 Å². The summed E-state index contributed by atoms with van der Waals surface area (Å²) in [6.07, 6.45) is 0. The third kappa shape index (κ3) is 3.66. The van der Waals surface area contributed by atoms with E-state index in [1.807, 2.05) is 6.07 Å². The second kappa shape index (κ2) is 7.00. The summed E-state index contributed by atoms with van der Waals surface area (Å²) in [6.45, 7) is 0. The fourth-order valence-corrected chi connectivity index (χ4v) is 3.96. The summed E-state index contributed by atoms with van der Waals surface area (Å²) in [4.78, 5) is 16.1. The van der Waals surface area contributed by atoms with Crippen molar-refractivity contribution in [3.8, 4) is 22.6 Å². The van der Waals surface area contributed by atoms with Crippen LogP contribution in [0.25, 0.3) is 11.1 Å². The lowest BCUT2D eigenvalue weighted by Crippen LogP contribution is -2.16. The number of aromatic hydroxyl groups is 1. The number of hydrazine groups is 1. The third-order valence-corrected chi connectivity index (χ3v) is 5.66. The molecule has 0 atom stereocenters. The van der Waals surface area contributed by atoms with Crippen LogP contribution < -0.4 is 20.6 Å². The van der Waals surface area contributed by atoms with E-state index < -0.39 is 21.7 Å². The van der Waals surface area contributed by atoms with Crippen LogP contribution in [-0.4, -0.2) is 24.6 Å². The number of nitrogens with one attached hydrogen (secondary N) is 3. The molecule has 148 valence electrons. The molecule has 0 aromatic heterocycles. The number of aromatic carboxylic acids is 1. The number of sulfonamides is 1. The van der Waals surface area contributed by atoms with E-state index in [0.29, 0.717) is 11.3 Å². The van der Waals surface area contributed by atoms with Crippen LogP contribution >= 0.6 is 0 Å².